The first-order valence-electron chi connectivity index (χ1n) is 30.3. The summed E-state index contributed by atoms with van der Waals surface area (Å²) in [7, 11) is 0. The van der Waals surface area contributed by atoms with Crippen LogP contribution in [-0.4, -0.2) is 37.2 Å². The van der Waals surface area contributed by atoms with Crippen molar-refractivity contribution in [3.05, 3.63) is 0 Å². The van der Waals surface area contributed by atoms with Crippen molar-refractivity contribution >= 4 is 17.9 Å². The van der Waals surface area contributed by atoms with Crippen molar-refractivity contribution < 1.29 is 28.6 Å². The second kappa shape index (κ2) is 53.8. The van der Waals surface area contributed by atoms with E-state index in [1.54, 1.807) is 0 Å². The van der Waals surface area contributed by atoms with Gasteiger partial charge in [0.2, 0.25) is 0 Å². The Morgan fingerprint density at radius 3 is 0.851 bits per heavy atom. The number of hydrogen-bond donors (Lipinski definition) is 0. The summed E-state index contributed by atoms with van der Waals surface area (Å²) in [6, 6.07) is 0. The molecule has 1 unspecified atom stereocenters. The Kier molecular flexibility index (Phi) is 52.5. The summed E-state index contributed by atoms with van der Waals surface area (Å²) in [4.78, 5) is 38.2. The van der Waals surface area contributed by atoms with Crippen LogP contribution in [0.1, 0.15) is 343 Å². The van der Waals surface area contributed by atoms with Gasteiger partial charge in [-0.15, -0.1) is 0 Å². The van der Waals surface area contributed by atoms with Gasteiger partial charge in [0.25, 0.3) is 0 Å². The van der Waals surface area contributed by atoms with E-state index in [1.165, 1.54) is 231 Å². The average molecular weight is 948 g/mol. The van der Waals surface area contributed by atoms with Gasteiger partial charge in [-0.3, -0.25) is 14.4 Å². The van der Waals surface area contributed by atoms with E-state index in [2.05, 4.69) is 34.6 Å². The minimum Gasteiger partial charge on any atom is -0.462 e. The Bertz CT molecular complexity index is 1030. The van der Waals surface area contributed by atoms with E-state index >= 15 is 0 Å². The molecule has 0 aliphatic rings. The molecule has 0 aromatic heterocycles. The lowest BCUT2D eigenvalue weighted by Gasteiger charge is -2.18. The van der Waals surface area contributed by atoms with Gasteiger partial charge in [0.15, 0.2) is 6.10 Å². The molecule has 2 atom stereocenters. The molecule has 0 saturated heterocycles. The van der Waals surface area contributed by atoms with Crippen LogP contribution >= 0.6 is 0 Å². The zero-order valence-electron chi connectivity index (χ0n) is 46.0. The third kappa shape index (κ3) is 53.6. The third-order valence-corrected chi connectivity index (χ3v) is 14.3. The van der Waals surface area contributed by atoms with E-state index in [1.807, 2.05) is 0 Å². The molecule has 0 amide bonds. The summed E-state index contributed by atoms with van der Waals surface area (Å²) >= 11 is 0. The SMILES string of the molecule is CCCCCCCCCCCCCCCC(=O)OC[C@@H](COC(=O)CCCCCCCCCCCCCCCCCCCCC(C)CC)OC(=O)CCCCCCCCCCCCCC(C)C. The van der Waals surface area contributed by atoms with E-state index in [0.717, 1.165) is 69.6 Å². The molecule has 0 spiro atoms. The minimum atomic E-state index is -0.763. The standard InChI is InChI=1S/C61H118O6/c1-6-8-9-10-11-12-13-20-26-31-36-41-46-51-59(62)65-54-58(67-61(64)53-48-43-38-33-28-23-24-29-34-39-44-49-56(3)4)55-66-60(63)52-47-42-37-32-27-22-19-17-15-14-16-18-21-25-30-35-40-45-50-57(5)7-2/h56-58H,6-55H2,1-5H3/t57?,58-/m0/s1. The van der Waals surface area contributed by atoms with E-state index in [0.29, 0.717) is 19.3 Å². The highest BCUT2D eigenvalue weighted by atomic mass is 16.6. The van der Waals surface area contributed by atoms with Gasteiger partial charge in [-0.2, -0.15) is 0 Å². The van der Waals surface area contributed by atoms with Crippen molar-refractivity contribution in [2.24, 2.45) is 11.8 Å². The number of hydrogen-bond acceptors (Lipinski definition) is 6. The van der Waals surface area contributed by atoms with Crippen LogP contribution in [0, 0.1) is 11.8 Å². The van der Waals surface area contributed by atoms with Crippen LogP contribution in [0.3, 0.4) is 0 Å². The summed E-state index contributed by atoms with van der Waals surface area (Å²) in [5.74, 6) is 0.898. The molecule has 0 heterocycles. The van der Waals surface area contributed by atoms with Crippen molar-refractivity contribution in [3.8, 4) is 0 Å². The molecule has 398 valence electrons. The third-order valence-electron chi connectivity index (χ3n) is 14.3. The van der Waals surface area contributed by atoms with Crippen LogP contribution < -0.4 is 0 Å². The van der Waals surface area contributed by atoms with Crippen molar-refractivity contribution in [1.29, 1.82) is 0 Å². The maximum atomic E-state index is 12.8. The lowest BCUT2D eigenvalue weighted by atomic mass is 9.99. The maximum absolute atomic E-state index is 12.8. The molecule has 0 saturated carbocycles. The molecule has 0 aromatic rings. The molecule has 6 nitrogen and oxygen atoms in total. The fourth-order valence-corrected chi connectivity index (χ4v) is 9.37. The van der Waals surface area contributed by atoms with Crippen molar-refractivity contribution in [1.82, 2.24) is 0 Å². The Balaban J connectivity index is 4.23. The number of rotatable bonds is 55. The van der Waals surface area contributed by atoms with Crippen molar-refractivity contribution in [2.45, 2.75) is 349 Å². The Labute approximate surface area is 418 Å². The molecule has 0 radical (unpaired) electrons. The van der Waals surface area contributed by atoms with Gasteiger partial charge < -0.3 is 14.2 Å². The normalized spacial score (nSPS) is 12.4. The number of esters is 3. The van der Waals surface area contributed by atoms with E-state index in [-0.39, 0.29) is 31.1 Å². The quantitative estimate of drug-likeness (QED) is 0.0343. The second-order valence-electron chi connectivity index (χ2n) is 21.7. The van der Waals surface area contributed by atoms with Crippen LogP contribution in [0.2, 0.25) is 0 Å². The van der Waals surface area contributed by atoms with Crippen molar-refractivity contribution in [2.75, 3.05) is 13.2 Å². The van der Waals surface area contributed by atoms with Crippen molar-refractivity contribution in [3.63, 3.8) is 0 Å². The number of ether oxygens (including phenoxy) is 3. The fraction of sp³-hybridized carbons (Fsp3) is 0.951. The van der Waals surface area contributed by atoms with E-state index < -0.39 is 6.10 Å². The number of unbranched alkanes of at least 4 members (excludes halogenated alkanes) is 39. The molecular weight excluding hydrogens is 829 g/mol. The molecule has 0 fully saturated rings. The topological polar surface area (TPSA) is 78.9 Å². The molecule has 0 aliphatic heterocycles. The highest BCUT2D eigenvalue weighted by Crippen LogP contribution is 2.19. The first kappa shape index (κ1) is 65.4. The predicted molar refractivity (Wildman–Crippen MR) is 289 cm³/mol. The molecule has 0 rings (SSSR count). The smallest absolute Gasteiger partial charge is 0.306 e. The Hall–Kier alpha value is -1.59. The van der Waals surface area contributed by atoms with Crippen LogP contribution in [-0.2, 0) is 28.6 Å². The maximum Gasteiger partial charge on any atom is 0.306 e. The molecule has 0 N–H and O–H groups in total. The predicted octanol–water partition coefficient (Wildman–Crippen LogP) is 20.0. The first-order chi connectivity index (χ1) is 32.8. The van der Waals surface area contributed by atoms with Gasteiger partial charge in [-0.1, -0.05) is 304 Å². The summed E-state index contributed by atoms with van der Waals surface area (Å²) in [6.07, 6.45) is 58.1. The van der Waals surface area contributed by atoms with Gasteiger partial charge in [0.1, 0.15) is 13.2 Å². The van der Waals surface area contributed by atoms with Gasteiger partial charge in [-0.05, 0) is 31.1 Å². The molecule has 0 bridgehead atoms. The Morgan fingerprint density at radius 2 is 0.567 bits per heavy atom. The highest BCUT2D eigenvalue weighted by molar-refractivity contribution is 5.71. The molecular formula is C61H118O6. The largest absolute Gasteiger partial charge is 0.462 e. The van der Waals surface area contributed by atoms with Gasteiger partial charge in [0, 0.05) is 19.3 Å². The monoisotopic (exact) mass is 947 g/mol. The first-order valence-corrected chi connectivity index (χ1v) is 30.3. The number of carbonyl (C=O) groups excluding carboxylic acids is 3. The summed E-state index contributed by atoms with van der Waals surface area (Å²) < 4.78 is 16.9. The fourth-order valence-electron chi connectivity index (χ4n) is 9.37. The van der Waals surface area contributed by atoms with Crippen LogP contribution in [0.5, 0.6) is 0 Å². The molecule has 6 heteroatoms. The van der Waals surface area contributed by atoms with E-state index in [9.17, 15) is 14.4 Å². The van der Waals surface area contributed by atoms with Gasteiger partial charge >= 0.3 is 17.9 Å². The second-order valence-corrected chi connectivity index (χ2v) is 21.7. The summed E-state index contributed by atoms with van der Waals surface area (Å²) in [6.45, 7) is 11.5. The number of carbonyl (C=O) groups is 3. The van der Waals surface area contributed by atoms with Crippen LogP contribution in [0.15, 0.2) is 0 Å². The molecule has 0 aliphatic carbocycles. The average Bonchev–Trinajstić information content (AvgIpc) is 3.31. The van der Waals surface area contributed by atoms with Gasteiger partial charge in [0.05, 0.1) is 0 Å². The van der Waals surface area contributed by atoms with Crippen LogP contribution in [0.4, 0.5) is 0 Å². The van der Waals surface area contributed by atoms with Crippen LogP contribution in [0.25, 0.3) is 0 Å². The lowest BCUT2D eigenvalue weighted by Crippen LogP contribution is -2.30. The zero-order valence-corrected chi connectivity index (χ0v) is 46.0. The zero-order chi connectivity index (χ0) is 48.9. The summed E-state index contributed by atoms with van der Waals surface area (Å²) in [5.41, 5.74) is 0. The van der Waals surface area contributed by atoms with E-state index in [4.69, 9.17) is 14.2 Å². The molecule has 67 heavy (non-hydrogen) atoms. The molecule has 0 aromatic carbocycles. The van der Waals surface area contributed by atoms with Gasteiger partial charge in [-0.25, -0.2) is 0 Å². The Morgan fingerprint density at radius 1 is 0.313 bits per heavy atom. The minimum absolute atomic E-state index is 0.0624. The highest BCUT2D eigenvalue weighted by Gasteiger charge is 2.19. The lowest BCUT2D eigenvalue weighted by molar-refractivity contribution is -0.167. The summed E-state index contributed by atoms with van der Waals surface area (Å²) in [5, 5.41) is 0.